The number of nitrogens with zero attached hydrogens (tertiary/aromatic N) is 1. The molecule has 2 rings (SSSR count). The molecule has 0 spiro atoms. The van der Waals surface area contributed by atoms with Crippen molar-refractivity contribution < 1.29 is 9.18 Å². The Bertz CT molecular complexity index is 598. The molecular formula is C17H19FN2O. The first kappa shape index (κ1) is 15.2. The van der Waals surface area contributed by atoms with Crippen LogP contribution in [0, 0.1) is 11.7 Å². The molecule has 2 aromatic carbocycles. The molecule has 0 fully saturated rings. The van der Waals surface area contributed by atoms with Crippen molar-refractivity contribution in [2.24, 2.45) is 11.7 Å². The van der Waals surface area contributed by atoms with Gasteiger partial charge in [0.1, 0.15) is 5.82 Å². The first-order valence-electron chi connectivity index (χ1n) is 6.84. The highest BCUT2D eigenvalue weighted by Crippen LogP contribution is 2.23. The van der Waals surface area contributed by atoms with E-state index in [1.807, 2.05) is 30.3 Å². The highest BCUT2D eigenvalue weighted by molar-refractivity contribution is 5.94. The summed E-state index contributed by atoms with van der Waals surface area (Å²) < 4.78 is 12.9. The fourth-order valence-corrected chi connectivity index (χ4v) is 2.21. The van der Waals surface area contributed by atoms with Gasteiger partial charge in [-0.05, 0) is 29.8 Å². The summed E-state index contributed by atoms with van der Waals surface area (Å²) in [5.74, 6) is -0.797. The van der Waals surface area contributed by atoms with Gasteiger partial charge in [-0.3, -0.25) is 4.79 Å². The molecule has 2 N–H and O–H groups in total. The molecule has 2 atom stereocenters. The monoisotopic (exact) mass is 286 g/mol. The lowest BCUT2D eigenvalue weighted by atomic mass is 9.94. The lowest BCUT2D eigenvalue weighted by Gasteiger charge is -2.25. The van der Waals surface area contributed by atoms with Gasteiger partial charge in [0.25, 0.3) is 0 Å². The van der Waals surface area contributed by atoms with Gasteiger partial charge in [0.05, 0.1) is 5.92 Å². The molecule has 0 aliphatic heterocycles. The first-order chi connectivity index (χ1) is 10.0. The quantitative estimate of drug-likeness (QED) is 0.938. The van der Waals surface area contributed by atoms with Crippen LogP contribution < -0.4 is 10.6 Å². The first-order valence-corrected chi connectivity index (χ1v) is 6.84. The van der Waals surface area contributed by atoms with E-state index in [0.29, 0.717) is 5.69 Å². The van der Waals surface area contributed by atoms with E-state index in [9.17, 15) is 9.18 Å². The minimum Gasteiger partial charge on any atom is -0.323 e. The second-order valence-corrected chi connectivity index (χ2v) is 5.10. The second-order valence-electron chi connectivity index (χ2n) is 5.10. The summed E-state index contributed by atoms with van der Waals surface area (Å²) in [6.45, 7) is 1.81. The summed E-state index contributed by atoms with van der Waals surface area (Å²) in [5.41, 5.74) is 7.74. The van der Waals surface area contributed by atoms with Gasteiger partial charge in [-0.25, -0.2) is 4.39 Å². The van der Waals surface area contributed by atoms with Gasteiger partial charge in [-0.1, -0.05) is 37.3 Å². The fourth-order valence-electron chi connectivity index (χ4n) is 2.21. The Kier molecular flexibility index (Phi) is 4.70. The van der Waals surface area contributed by atoms with Crippen molar-refractivity contribution in [3.8, 4) is 0 Å². The van der Waals surface area contributed by atoms with Crippen LogP contribution in [0.3, 0.4) is 0 Å². The number of benzene rings is 2. The smallest absolute Gasteiger partial charge is 0.231 e. The molecule has 4 heteroatoms. The van der Waals surface area contributed by atoms with E-state index in [1.54, 1.807) is 26.1 Å². The molecule has 21 heavy (non-hydrogen) atoms. The van der Waals surface area contributed by atoms with Crippen LogP contribution in [0.1, 0.15) is 18.5 Å². The number of amides is 1. The van der Waals surface area contributed by atoms with Gasteiger partial charge in [0.15, 0.2) is 0 Å². The summed E-state index contributed by atoms with van der Waals surface area (Å²) in [6.07, 6.45) is 0. The Morgan fingerprint density at radius 2 is 1.67 bits per heavy atom. The largest absolute Gasteiger partial charge is 0.323 e. The van der Waals surface area contributed by atoms with Crippen LogP contribution in [0.25, 0.3) is 0 Å². The van der Waals surface area contributed by atoms with E-state index in [1.165, 1.54) is 17.0 Å². The Labute approximate surface area is 124 Å². The lowest BCUT2D eigenvalue weighted by molar-refractivity contribution is -0.122. The van der Waals surface area contributed by atoms with E-state index in [2.05, 4.69) is 0 Å². The number of anilines is 1. The third kappa shape index (κ3) is 3.47. The highest BCUT2D eigenvalue weighted by atomic mass is 19.1. The number of nitrogens with two attached hydrogens (primary N) is 1. The molecule has 110 valence electrons. The highest BCUT2D eigenvalue weighted by Gasteiger charge is 2.25. The van der Waals surface area contributed by atoms with Crippen LogP contribution in [0.15, 0.2) is 54.6 Å². The van der Waals surface area contributed by atoms with Crippen LogP contribution in [-0.2, 0) is 4.79 Å². The van der Waals surface area contributed by atoms with Crippen molar-refractivity contribution >= 4 is 11.6 Å². The zero-order chi connectivity index (χ0) is 15.4. The number of halogens is 1. The van der Waals surface area contributed by atoms with Crippen LogP contribution in [0.5, 0.6) is 0 Å². The number of hydrogen-bond donors (Lipinski definition) is 1. The van der Waals surface area contributed by atoms with E-state index in [-0.39, 0.29) is 23.7 Å². The maximum atomic E-state index is 12.9. The molecular weight excluding hydrogens is 267 g/mol. The van der Waals surface area contributed by atoms with Crippen molar-refractivity contribution in [3.63, 3.8) is 0 Å². The van der Waals surface area contributed by atoms with Crippen molar-refractivity contribution in [2.45, 2.75) is 13.0 Å². The Morgan fingerprint density at radius 3 is 2.24 bits per heavy atom. The molecule has 2 unspecified atom stereocenters. The number of rotatable bonds is 4. The molecule has 0 radical (unpaired) electrons. The fraction of sp³-hybridized carbons (Fsp3) is 0.235. The second kappa shape index (κ2) is 6.50. The minimum absolute atomic E-state index is 0.0991. The van der Waals surface area contributed by atoms with Crippen molar-refractivity contribution in [1.82, 2.24) is 0 Å². The molecule has 0 heterocycles. The van der Waals surface area contributed by atoms with E-state index >= 15 is 0 Å². The molecule has 0 saturated heterocycles. The molecule has 0 aromatic heterocycles. The van der Waals surface area contributed by atoms with Crippen LogP contribution in [0.2, 0.25) is 0 Å². The van der Waals surface area contributed by atoms with Crippen LogP contribution in [0.4, 0.5) is 10.1 Å². The predicted octanol–water partition coefficient (Wildman–Crippen LogP) is 3.12. The summed E-state index contributed by atoms with van der Waals surface area (Å²) in [4.78, 5) is 14.0. The third-order valence-electron chi connectivity index (χ3n) is 3.66. The summed E-state index contributed by atoms with van der Waals surface area (Å²) in [5, 5.41) is 0. The molecule has 0 saturated carbocycles. The SMILES string of the molecule is CC(C(=O)N(C)c1ccc(F)cc1)C(N)c1ccccc1. The van der Waals surface area contributed by atoms with Crippen molar-refractivity contribution in [3.05, 3.63) is 66.0 Å². The summed E-state index contributed by atoms with van der Waals surface area (Å²) in [6, 6.07) is 15.0. The Hall–Kier alpha value is -2.20. The van der Waals surface area contributed by atoms with Gasteiger partial charge in [-0.2, -0.15) is 0 Å². The predicted molar refractivity (Wildman–Crippen MR) is 82.3 cm³/mol. The molecule has 1 amide bonds. The molecule has 0 aliphatic rings. The number of carbonyl (C=O) groups is 1. The van der Waals surface area contributed by atoms with Crippen LogP contribution in [-0.4, -0.2) is 13.0 Å². The molecule has 0 aliphatic carbocycles. The van der Waals surface area contributed by atoms with Gasteiger partial charge < -0.3 is 10.6 Å². The Balaban J connectivity index is 2.13. The summed E-state index contributed by atoms with van der Waals surface area (Å²) in [7, 11) is 1.67. The van der Waals surface area contributed by atoms with E-state index in [4.69, 9.17) is 5.73 Å². The molecule has 0 bridgehead atoms. The standard InChI is InChI=1S/C17H19FN2O/c1-12(16(19)13-6-4-3-5-7-13)17(21)20(2)15-10-8-14(18)9-11-15/h3-12,16H,19H2,1-2H3. The lowest BCUT2D eigenvalue weighted by Crippen LogP contribution is -2.37. The topological polar surface area (TPSA) is 46.3 Å². The van der Waals surface area contributed by atoms with Gasteiger partial charge in [0.2, 0.25) is 5.91 Å². The average Bonchev–Trinajstić information content (AvgIpc) is 2.53. The third-order valence-corrected chi connectivity index (χ3v) is 3.66. The Morgan fingerprint density at radius 1 is 1.10 bits per heavy atom. The minimum atomic E-state index is -0.374. The van der Waals surface area contributed by atoms with Gasteiger partial charge in [-0.15, -0.1) is 0 Å². The number of hydrogen-bond acceptors (Lipinski definition) is 2. The van der Waals surface area contributed by atoms with Crippen molar-refractivity contribution in [1.29, 1.82) is 0 Å². The van der Waals surface area contributed by atoms with Gasteiger partial charge in [0, 0.05) is 18.8 Å². The van der Waals surface area contributed by atoms with E-state index in [0.717, 1.165) is 5.56 Å². The number of carbonyl (C=O) groups excluding carboxylic acids is 1. The zero-order valence-electron chi connectivity index (χ0n) is 12.2. The van der Waals surface area contributed by atoms with Gasteiger partial charge >= 0.3 is 0 Å². The zero-order valence-corrected chi connectivity index (χ0v) is 12.2. The molecule has 3 nitrogen and oxygen atoms in total. The van der Waals surface area contributed by atoms with Crippen LogP contribution >= 0.6 is 0 Å². The maximum absolute atomic E-state index is 12.9. The van der Waals surface area contributed by atoms with E-state index < -0.39 is 0 Å². The molecule has 2 aromatic rings. The normalized spacial score (nSPS) is 13.5. The van der Waals surface area contributed by atoms with Crippen molar-refractivity contribution in [2.75, 3.05) is 11.9 Å². The summed E-state index contributed by atoms with van der Waals surface area (Å²) >= 11 is 0. The average molecular weight is 286 g/mol. The maximum Gasteiger partial charge on any atom is 0.231 e.